The molecule has 0 radical (unpaired) electrons. The molecule has 3 rings (SSSR count). The molecule has 2 aliphatic rings. The first-order valence-electron chi connectivity index (χ1n) is 7.34. The van der Waals surface area contributed by atoms with Gasteiger partial charge in [-0.3, -0.25) is 9.69 Å². The SMILES string of the molecule is Nc1cc(F)c(F)cc1C(=O)N1CCCN2CCCC2C1. The van der Waals surface area contributed by atoms with Gasteiger partial charge in [0.15, 0.2) is 11.6 Å². The molecule has 6 heteroatoms. The van der Waals surface area contributed by atoms with Gasteiger partial charge >= 0.3 is 0 Å². The van der Waals surface area contributed by atoms with Crippen molar-refractivity contribution in [2.24, 2.45) is 0 Å². The van der Waals surface area contributed by atoms with Gasteiger partial charge in [-0.15, -0.1) is 0 Å². The Labute approximate surface area is 122 Å². The van der Waals surface area contributed by atoms with E-state index in [1.807, 2.05) is 0 Å². The minimum absolute atomic E-state index is 0.00794. The number of benzene rings is 1. The number of hydrogen-bond donors (Lipinski definition) is 1. The van der Waals surface area contributed by atoms with Gasteiger partial charge in [0.2, 0.25) is 0 Å². The number of halogens is 2. The Hall–Kier alpha value is -1.69. The fourth-order valence-electron chi connectivity index (χ4n) is 3.31. The summed E-state index contributed by atoms with van der Waals surface area (Å²) in [6, 6.07) is 2.16. The van der Waals surface area contributed by atoms with E-state index in [1.54, 1.807) is 4.90 Å². The lowest BCUT2D eigenvalue weighted by Crippen LogP contribution is -2.39. The van der Waals surface area contributed by atoms with E-state index in [0.29, 0.717) is 19.1 Å². The van der Waals surface area contributed by atoms with Crippen molar-refractivity contribution < 1.29 is 13.6 Å². The van der Waals surface area contributed by atoms with Crippen molar-refractivity contribution in [3.05, 3.63) is 29.3 Å². The zero-order valence-corrected chi connectivity index (χ0v) is 11.8. The van der Waals surface area contributed by atoms with Crippen molar-refractivity contribution in [2.75, 3.05) is 31.9 Å². The number of anilines is 1. The van der Waals surface area contributed by atoms with Gasteiger partial charge in [0.05, 0.1) is 5.56 Å². The Bertz CT molecular complexity index is 564. The molecule has 0 saturated carbocycles. The van der Waals surface area contributed by atoms with Crippen molar-refractivity contribution in [3.8, 4) is 0 Å². The highest BCUT2D eigenvalue weighted by Gasteiger charge is 2.31. The number of fused-ring (bicyclic) bond motifs is 1. The monoisotopic (exact) mass is 295 g/mol. The molecule has 114 valence electrons. The van der Waals surface area contributed by atoms with E-state index in [2.05, 4.69) is 4.90 Å². The lowest BCUT2D eigenvalue weighted by molar-refractivity contribution is 0.0744. The molecule has 1 amide bonds. The Morgan fingerprint density at radius 1 is 1.14 bits per heavy atom. The second-order valence-electron chi connectivity index (χ2n) is 5.79. The molecule has 21 heavy (non-hydrogen) atoms. The highest BCUT2D eigenvalue weighted by molar-refractivity contribution is 5.99. The predicted octanol–water partition coefficient (Wildman–Crippen LogP) is 1.86. The van der Waals surface area contributed by atoms with Gasteiger partial charge in [0.25, 0.3) is 5.91 Å². The maximum atomic E-state index is 13.4. The van der Waals surface area contributed by atoms with Crippen molar-refractivity contribution >= 4 is 11.6 Å². The molecule has 2 aliphatic heterocycles. The highest BCUT2D eigenvalue weighted by atomic mass is 19.2. The summed E-state index contributed by atoms with van der Waals surface area (Å²) in [5, 5.41) is 0. The molecule has 1 unspecified atom stereocenters. The number of amides is 1. The first-order chi connectivity index (χ1) is 10.1. The third-order valence-electron chi connectivity index (χ3n) is 4.41. The minimum atomic E-state index is -1.04. The molecule has 0 aromatic heterocycles. The molecule has 0 spiro atoms. The second kappa shape index (κ2) is 5.60. The minimum Gasteiger partial charge on any atom is -0.398 e. The van der Waals surface area contributed by atoms with Crippen LogP contribution in [0.3, 0.4) is 0 Å². The lowest BCUT2D eigenvalue weighted by atomic mass is 10.1. The maximum Gasteiger partial charge on any atom is 0.256 e. The molecule has 0 bridgehead atoms. The average molecular weight is 295 g/mol. The molecule has 2 saturated heterocycles. The second-order valence-corrected chi connectivity index (χ2v) is 5.79. The Kier molecular flexibility index (Phi) is 3.80. The molecular formula is C15H19F2N3O. The van der Waals surface area contributed by atoms with Crippen molar-refractivity contribution in [1.82, 2.24) is 9.80 Å². The highest BCUT2D eigenvalue weighted by Crippen LogP contribution is 2.24. The van der Waals surface area contributed by atoms with Crippen LogP contribution in [0.1, 0.15) is 29.6 Å². The molecule has 2 N–H and O–H groups in total. The summed E-state index contributed by atoms with van der Waals surface area (Å²) >= 11 is 0. The molecule has 0 aliphatic carbocycles. The summed E-state index contributed by atoms with van der Waals surface area (Å²) in [6.45, 7) is 3.34. The van der Waals surface area contributed by atoms with Crippen LogP contribution < -0.4 is 5.73 Å². The molecule has 2 heterocycles. The van der Waals surface area contributed by atoms with Gasteiger partial charge in [0, 0.05) is 37.4 Å². The van der Waals surface area contributed by atoms with Gasteiger partial charge in [0.1, 0.15) is 0 Å². The lowest BCUT2D eigenvalue weighted by Gasteiger charge is -2.26. The number of nitrogen functional groups attached to an aromatic ring is 1. The van der Waals surface area contributed by atoms with E-state index in [1.165, 1.54) is 0 Å². The third kappa shape index (κ3) is 2.72. The molecule has 1 atom stereocenters. The van der Waals surface area contributed by atoms with Crippen molar-refractivity contribution in [3.63, 3.8) is 0 Å². The van der Waals surface area contributed by atoms with E-state index >= 15 is 0 Å². The Morgan fingerprint density at radius 3 is 2.67 bits per heavy atom. The number of nitrogens with zero attached hydrogens (tertiary/aromatic N) is 2. The van der Waals surface area contributed by atoms with Crippen LogP contribution >= 0.6 is 0 Å². The van der Waals surface area contributed by atoms with Gasteiger partial charge in [-0.05, 0) is 31.9 Å². The summed E-state index contributed by atoms with van der Waals surface area (Å²) in [5.74, 6) is -2.37. The van der Waals surface area contributed by atoms with Crippen LogP contribution in [0.5, 0.6) is 0 Å². The molecular weight excluding hydrogens is 276 g/mol. The topological polar surface area (TPSA) is 49.6 Å². The van der Waals surface area contributed by atoms with E-state index < -0.39 is 11.6 Å². The predicted molar refractivity (Wildman–Crippen MR) is 75.9 cm³/mol. The van der Waals surface area contributed by atoms with E-state index in [4.69, 9.17) is 5.73 Å². The number of carbonyl (C=O) groups is 1. The molecule has 2 fully saturated rings. The summed E-state index contributed by atoms with van der Waals surface area (Å²) in [6.07, 6.45) is 3.13. The van der Waals surface area contributed by atoms with Crippen LogP contribution in [-0.2, 0) is 0 Å². The number of hydrogen-bond acceptors (Lipinski definition) is 3. The zero-order valence-electron chi connectivity index (χ0n) is 11.8. The quantitative estimate of drug-likeness (QED) is 0.805. The first kappa shape index (κ1) is 14.3. The zero-order chi connectivity index (χ0) is 15.0. The standard InChI is InChI=1S/C15H19F2N3O/c16-12-7-11(14(18)8-13(12)17)15(21)20-6-2-5-19-4-1-3-10(19)9-20/h7-8,10H,1-6,9,18H2. The van der Waals surface area contributed by atoms with E-state index in [9.17, 15) is 13.6 Å². The van der Waals surface area contributed by atoms with Crippen LogP contribution in [0.25, 0.3) is 0 Å². The number of carbonyl (C=O) groups excluding carboxylic acids is 1. The summed E-state index contributed by atoms with van der Waals surface area (Å²) in [5.41, 5.74) is 5.73. The van der Waals surface area contributed by atoms with E-state index in [-0.39, 0.29) is 17.2 Å². The summed E-state index contributed by atoms with van der Waals surface area (Å²) in [4.78, 5) is 16.7. The number of rotatable bonds is 1. The smallest absolute Gasteiger partial charge is 0.256 e. The van der Waals surface area contributed by atoms with Crippen LogP contribution in [0.2, 0.25) is 0 Å². The van der Waals surface area contributed by atoms with Crippen LogP contribution in [0.4, 0.5) is 14.5 Å². The number of nitrogens with two attached hydrogens (primary N) is 1. The van der Waals surface area contributed by atoms with Gasteiger partial charge in [-0.1, -0.05) is 0 Å². The van der Waals surface area contributed by atoms with Crippen molar-refractivity contribution in [2.45, 2.75) is 25.3 Å². The molecule has 1 aromatic carbocycles. The van der Waals surface area contributed by atoms with Gasteiger partial charge in [-0.2, -0.15) is 0 Å². The van der Waals surface area contributed by atoms with Crippen LogP contribution in [0, 0.1) is 11.6 Å². The van der Waals surface area contributed by atoms with Crippen molar-refractivity contribution in [1.29, 1.82) is 0 Å². The van der Waals surface area contributed by atoms with Gasteiger partial charge in [-0.25, -0.2) is 8.78 Å². The largest absolute Gasteiger partial charge is 0.398 e. The third-order valence-corrected chi connectivity index (χ3v) is 4.41. The first-order valence-corrected chi connectivity index (χ1v) is 7.34. The van der Waals surface area contributed by atoms with Gasteiger partial charge < -0.3 is 10.6 Å². The van der Waals surface area contributed by atoms with Crippen LogP contribution in [-0.4, -0.2) is 47.9 Å². The summed E-state index contributed by atoms with van der Waals surface area (Å²) in [7, 11) is 0. The Balaban J connectivity index is 1.82. The molecule has 4 nitrogen and oxygen atoms in total. The Morgan fingerprint density at radius 2 is 1.86 bits per heavy atom. The maximum absolute atomic E-state index is 13.4. The van der Waals surface area contributed by atoms with E-state index in [0.717, 1.165) is 44.5 Å². The van der Waals surface area contributed by atoms with Crippen LogP contribution in [0.15, 0.2) is 12.1 Å². The molecule has 1 aromatic rings. The fourth-order valence-corrected chi connectivity index (χ4v) is 3.31. The normalized spacial score (nSPS) is 23.0. The fraction of sp³-hybridized carbons (Fsp3) is 0.533. The average Bonchev–Trinajstić information content (AvgIpc) is 2.79. The summed E-state index contributed by atoms with van der Waals surface area (Å²) < 4.78 is 26.5.